The third kappa shape index (κ3) is 4.62. The molecule has 0 aromatic heterocycles. The van der Waals surface area contributed by atoms with E-state index < -0.39 is 5.60 Å². The van der Waals surface area contributed by atoms with E-state index in [4.69, 9.17) is 9.47 Å². The van der Waals surface area contributed by atoms with Gasteiger partial charge in [0.2, 0.25) is 0 Å². The Morgan fingerprint density at radius 1 is 0.690 bits per heavy atom. The number of benzene rings is 4. The third-order valence-electron chi connectivity index (χ3n) is 7.51. The minimum Gasteiger partial charge on any atom is -0.508 e. The molecule has 2 aliphatic rings. The van der Waals surface area contributed by atoms with Gasteiger partial charge in [0.1, 0.15) is 57.4 Å². The molecule has 42 heavy (non-hydrogen) atoms. The minimum atomic E-state index is -0.836. The minimum absolute atomic E-state index is 0.0151. The SMILES string of the molecule is CCC1(C)C=C2C(=C(c3ccc(O)cc3O)Oc3cc(/C=C\c4ccc(O)cc4O)cc(O)c32)c2ccc(O)cc2O1. The van der Waals surface area contributed by atoms with E-state index in [0.717, 1.165) is 0 Å². The maximum atomic E-state index is 11.4. The molecule has 1 atom stereocenters. The lowest BCUT2D eigenvalue weighted by Crippen LogP contribution is -2.28. The van der Waals surface area contributed by atoms with Crippen molar-refractivity contribution in [1.82, 2.24) is 0 Å². The van der Waals surface area contributed by atoms with E-state index in [0.29, 0.717) is 56.9 Å². The highest BCUT2D eigenvalue weighted by atomic mass is 16.5. The molecule has 212 valence electrons. The molecular weight excluding hydrogens is 536 g/mol. The number of allylic oxidation sites excluding steroid dienone is 2. The first-order valence-corrected chi connectivity index (χ1v) is 13.3. The van der Waals surface area contributed by atoms with Gasteiger partial charge in [-0.1, -0.05) is 19.1 Å². The predicted octanol–water partition coefficient (Wildman–Crippen LogP) is 7.00. The second kappa shape index (κ2) is 9.85. The van der Waals surface area contributed by atoms with E-state index in [-0.39, 0.29) is 40.3 Å². The number of aromatic hydroxyl groups is 6. The lowest BCUT2D eigenvalue weighted by atomic mass is 9.84. The van der Waals surface area contributed by atoms with Crippen molar-refractivity contribution < 1.29 is 40.1 Å². The molecule has 0 amide bonds. The van der Waals surface area contributed by atoms with E-state index in [1.807, 2.05) is 19.9 Å². The Labute approximate surface area is 241 Å². The fourth-order valence-electron chi connectivity index (χ4n) is 5.21. The summed E-state index contributed by atoms with van der Waals surface area (Å²) in [6, 6.07) is 16.5. The summed E-state index contributed by atoms with van der Waals surface area (Å²) >= 11 is 0. The van der Waals surface area contributed by atoms with Crippen LogP contribution in [0.5, 0.6) is 46.0 Å². The first kappa shape index (κ1) is 26.7. The van der Waals surface area contributed by atoms with E-state index in [1.165, 1.54) is 42.5 Å². The van der Waals surface area contributed by atoms with Crippen LogP contribution in [0.25, 0.3) is 29.1 Å². The molecule has 0 saturated heterocycles. The Bertz CT molecular complexity index is 1850. The van der Waals surface area contributed by atoms with Gasteiger partial charge in [-0.3, -0.25) is 0 Å². The molecule has 1 unspecified atom stereocenters. The summed E-state index contributed by atoms with van der Waals surface area (Å²) in [5.74, 6) is 0.416. The maximum Gasteiger partial charge on any atom is 0.146 e. The number of phenolic OH excluding ortho intramolecular Hbond substituents is 6. The highest BCUT2D eigenvalue weighted by molar-refractivity contribution is 6.19. The number of fused-ring (bicyclic) bond motifs is 5. The summed E-state index contributed by atoms with van der Waals surface area (Å²) in [7, 11) is 0. The van der Waals surface area contributed by atoms with Crippen LogP contribution in [-0.2, 0) is 0 Å². The molecule has 0 spiro atoms. The van der Waals surface area contributed by atoms with Crippen LogP contribution in [0, 0.1) is 0 Å². The lowest BCUT2D eigenvalue weighted by molar-refractivity contribution is 0.137. The van der Waals surface area contributed by atoms with Gasteiger partial charge in [-0.2, -0.15) is 0 Å². The van der Waals surface area contributed by atoms with Gasteiger partial charge in [0.25, 0.3) is 0 Å². The molecule has 4 aromatic rings. The van der Waals surface area contributed by atoms with Crippen molar-refractivity contribution >= 4 is 29.1 Å². The number of hydrogen-bond acceptors (Lipinski definition) is 8. The molecule has 6 rings (SSSR count). The van der Waals surface area contributed by atoms with Crippen LogP contribution in [0.2, 0.25) is 0 Å². The van der Waals surface area contributed by atoms with Gasteiger partial charge in [0.15, 0.2) is 0 Å². The van der Waals surface area contributed by atoms with Crippen molar-refractivity contribution in [2.45, 2.75) is 25.9 Å². The Morgan fingerprint density at radius 3 is 2.05 bits per heavy atom. The Hall–Kier alpha value is -5.50. The van der Waals surface area contributed by atoms with Gasteiger partial charge in [0, 0.05) is 40.5 Å². The van der Waals surface area contributed by atoms with Crippen molar-refractivity contribution in [2.75, 3.05) is 0 Å². The van der Waals surface area contributed by atoms with Crippen LogP contribution in [0.15, 0.2) is 72.8 Å². The summed E-state index contributed by atoms with van der Waals surface area (Å²) < 4.78 is 12.9. The van der Waals surface area contributed by atoms with Crippen molar-refractivity contribution in [3.8, 4) is 46.0 Å². The molecule has 6 N–H and O–H groups in total. The molecule has 8 nitrogen and oxygen atoms in total. The van der Waals surface area contributed by atoms with Crippen LogP contribution >= 0.6 is 0 Å². The highest BCUT2D eigenvalue weighted by Gasteiger charge is 2.38. The lowest BCUT2D eigenvalue weighted by Gasteiger charge is -2.28. The highest BCUT2D eigenvalue weighted by Crippen LogP contribution is 2.55. The van der Waals surface area contributed by atoms with Crippen LogP contribution < -0.4 is 9.47 Å². The van der Waals surface area contributed by atoms with E-state index >= 15 is 0 Å². The average Bonchev–Trinajstić information content (AvgIpc) is 3.05. The molecule has 0 saturated carbocycles. The molecule has 4 aromatic carbocycles. The van der Waals surface area contributed by atoms with Crippen LogP contribution in [0.4, 0.5) is 0 Å². The zero-order chi connectivity index (χ0) is 29.8. The van der Waals surface area contributed by atoms with Crippen molar-refractivity contribution in [3.05, 3.63) is 101 Å². The first-order chi connectivity index (χ1) is 20.0. The van der Waals surface area contributed by atoms with E-state index in [1.54, 1.807) is 36.4 Å². The monoisotopic (exact) mass is 564 g/mol. The maximum absolute atomic E-state index is 11.4. The largest absolute Gasteiger partial charge is 0.508 e. The number of hydrogen-bond donors (Lipinski definition) is 6. The van der Waals surface area contributed by atoms with Crippen LogP contribution in [0.1, 0.15) is 48.1 Å². The van der Waals surface area contributed by atoms with Gasteiger partial charge >= 0.3 is 0 Å². The second-order valence-corrected chi connectivity index (χ2v) is 10.5. The summed E-state index contributed by atoms with van der Waals surface area (Å²) in [5, 5.41) is 62.3. The zero-order valence-electron chi connectivity index (χ0n) is 22.8. The van der Waals surface area contributed by atoms with E-state index in [9.17, 15) is 30.6 Å². The van der Waals surface area contributed by atoms with Crippen LogP contribution in [0.3, 0.4) is 0 Å². The zero-order valence-corrected chi connectivity index (χ0v) is 22.8. The van der Waals surface area contributed by atoms with Gasteiger partial charge in [-0.25, -0.2) is 0 Å². The Morgan fingerprint density at radius 2 is 1.36 bits per heavy atom. The number of rotatable bonds is 4. The molecule has 0 bridgehead atoms. The molecule has 8 heteroatoms. The molecule has 0 radical (unpaired) electrons. The van der Waals surface area contributed by atoms with Gasteiger partial charge in [-0.15, -0.1) is 0 Å². The topological polar surface area (TPSA) is 140 Å². The molecular formula is C34H28O8. The molecule has 2 heterocycles. The molecule has 0 aliphatic carbocycles. The van der Waals surface area contributed by atoms with Crippen molar-refractivity contribution in [2.24, 2.45) is 0 Å². The van der Waals surface area contributed by atoms with E-state index in [2.05, 4.69) is 0 Å². The fraction of sp³-hybridized carbons (Fsp3) is 0.118. The molecule has 0 fully saturated rings. The summed E-state index contributed by atoms with van der Waals surface area (Å²) in [6.45, 7) is 3.87. The smallest absolute Gasteiger partial charge is 0.146 e. The van der Waals surface area contributed by atoms with Gasteiger partial charge in [0.05, 0.1) is 11.1 Å². The Kier molecular flexibility index (Phi) is 6.26. The van der Waals surface area contributed by atoms with Crippen molar-refractivity contribution in [1.29, 1.82) is 0 Å². The number of phenols is 6. The predicted molar refractivity (Wildman–Crippen MR) is 159 cm³/mol. The van der Waals surface area contributed by atoms with Gasteiger partial charge < -0.3 is 40.1 Å². The van der Waals surface area contributed by atoms with Gasteiger partial charge in [-0.05, 0) is 73.5 Å². The van der Waals surface area contributed by atoms with Crippen molar-refractivity contribution in [3.63, 3.8) is 0 Å². The number of ether oxygens (including phenoxy) is 2. The third-order valence-corrected chi connectivity index (χ3v) is 7.51. The summed E-state index contributed by atoms with van der Waals surface area (Å²) in [5.41, 5.74) is 2.62. The quantitative estimate of drug-likeness (QED) is 0.146. The normalized spacial score (nSPS) is 17.4. The van der Waals surface area contributed by atoms with Crippen LogP contribution in [-0.4, -0.2) is 36.2 Å². The Balaban J connectivity index is 1.60. The second-order valence-electron chi connectivity index (χ2n) is 10.5. The fourth-order valence-corrected chi connectivity index (χ4v) is 5.21. The first-order valence-electron chi connectivity index (χ1n) is 13.3. The molecule has 2 aliphatic heterocycles. The summed E-state index contributed by atoms with van der Waals surface area (Å²) in [4.78, 5) is 0. The standard InChI is InChI=1S/C34H28O8/c1-3-34(2)17-25-31(24-11-9-22(37)16-29(24)42-34)33(23-10-8-21(36)15-27(23)39)41-30-13-18(12-28(40)32(25)30)4-5-19-6-7-20(35)14-26(19)38/h4-17,35-40H,3H2,1-2H3/b5-4-. The summed E-state index contributed by atoms with van der Waals surface area (Å²) in [6.07, 6.45) is 5.79. The average molecular weight is 565 g/mol.